The molecule has 0 aliphatic rings. The maximum atomic E-state index is 13.8. The molecular formula is C12H6F2N2OS2. The van der Waals surface area contributed by atoms with Gasteiger partial charge in [0, 0.05) is 6.07 Å². The van der Waals surface area contributed by atoms with E-state index in [0.717, 1.165) is 16.7 Å². The molecule has 0 aliphatic heterocycles. The molecule has 0 unspecified atom stereocenters. The van der Waals surface area contributed by atoms with Crippen LogP contribution in [0.2, 0.25) is 0 Å². The predicted octanol–water partition coefficient (Wildman–Crippen LogP) is 3.39. The van der Waals surface area contributed by atoms with Crippen LogP contribution in [0.4, 0.5) is 8.78 Å². The van der Waals surface area contributed by atoms with Gasteiger partial charge >= 0.3 is 0 Å². The molecule has 3 aromatic rings. The summed E-state index contributed by atoms with van der Waals surface area (Å²) < 4.78 is 28.2. The number of H-pyrrole nitrogens is 1. The average molecular weight is 296 g/mol. The Labute approximate surface area is 114 Å². The third-order valence-corrected chi connectivity index (χ3v) is 3.84. The number of halogens is 2. The van der Waals surface area contributed by atoms with Gasteiger partial charge in [-0.1, -0.05) is 0 Å². The van der Waals surface area contributed by atoms with E-state index in [-0.39, 0.29) is 10.5 Å². The molecule has 0 radical (unpaired) electrons. The Kier molecular flexibility index (Phi) is 2.79. The number of benzene rings is 1. The van der Waals surface area contributed by atoms with Gasteiger partial charge in [0.25, 0.3) is 5.56 Å². The Hall–Kier alpha value is -1.86. The molecule has 7 heteroatoms. The minimum Gasteiger partial charge on any atom is -0.331 e. The lowest BCUT2D eigenvalue weighted by atomic mass is 10.3. The topological polar surface area (TPSA) is 37.8 Å². The minimum atomic E-state index is -0.836. The van der Waals surface area contributed by atoms with Crippen molar-refractivity contribution in [3.05, 3.63) is 56.4 Å². The molecule has 3 nitrogen and oxygen atoms in total. The molecule has 0 atom stereocenters. The summed E-state index contributed by atoms with van der Waals surface area (Å²) in [7, 11) is 0. The first-order valence-electron chi connectivity index (χ1n) is 5.26. The van der Waals surface area contributed by atoms with Crippen molar-refractivity contribution in [1.82, 2.24) is 9.55 Å². The van der Waals surface area contributed by atoms with Crippen LogP contribution in [0, 0.1) is 16.4 Å². The normalized spacial score (nSPS) is 11.1. The molecule has 1 N–H and O–H groups in total. The Balaban J connectivity index is 2.42. The number of rotatable bonds is 1. The van der Waals surface area contributed by atoms with E-state index < -0.39 is 17.2 Å². The number of nitrogens with zero attached hydrogens (tertiary/aromatic N) is 1. The van der Waals surface area contributed by atoms with Crippen molar-refractivity contribution in [3.8, 4) is 5.69 Å². The minimum absolute atomic E-state index is 0.0667. The van der Waals surface area contributed by atoms with Gasteiger partial charge in [-0.25, -0.2) is 13.3 Å². The van der Waals surface area contributed by atoms with Gasteiger partial charge in [-0.2, -0.15) is 0 Å². The van der Waals surface area contributed by atoms with Gasteiger partial charge in [0.05, 0.1) is 11.2 Å². The predicted molar refractivity (Wildman–Crippen MR) is 72.5 cm³/mol. The fraction of sp³-hybridized carbons (Fsp3) is 0. The highest BCUT2D eigenvalue weighted by atomic mass is 32.1. The van der Waals surface area contributed by atoms with Crippen LogP contribution in [-0.4, -0.2) is 9.55 Å². The van der Waals surface area contributed by atoms with Crippen LogP contribution in [0.5, 0.6) is 0 Å². The van der Waals surface area contributed by atoms with Gasteiger partial charge in [-0.15, -0.1) is 11.3 Å². The number of hydrogen-bond donors (Lipinski definition) is 1. The Morgan fingerprint density at radius 1 is 1.26 bits per heavy atom. The maximum Gasteiger partial charge on any atom is 0.276 e. The van der Waals surface area contributed by atoms with E-state index in [0.29, 0.717) is 10.2 Å². The number of fused-ring (bicyclic) bond motifs is 1. The summed E-state index contributed by atoms with van der Waals surface area (Å²) in [6.07, 6.45) is 0. The first-order chi connectivity index (χ1) is 9.08. The summed E-state index contributed by atoms with van der Waals surface area (Å²) in [6, 6.07) is 4.71. The third-order valence-electron chi connectivity index (χ3n) is 2.66. The summed E-state index contributed by atoms with van der Waals surface area (Å²) >= 11 is 6.29. The molecule has 0 aliphatic carbocycles. The third kappa shape index (κ3) is 1.91. The zero-order valence-corrected chi connectivity index (χ0v) is 10.9. The second-order valence-electron chi connectivity index (χ2n) is 3.83. The highest BCUT2D eigenvalue weighted by Gasteiger charge is 2.12. The van der Waals surface area contributed by atoms with Crippen LogP contribution in [0.15, 0.2) is 34.4 Å². The first kappa shape index (κ1) is 12.2. The van der Waals surface area contributed by atoms with Crippen LogP contribution >= 0.6 is 23.6 Å². The zero-order chi connectivity index (χ0) is 13.6. The Bertz CT molecular complexity index is 895. The van der Waals surface area contributed by atoms with Crippen molar-refractivity contribution in [1.29, 1.82) is 0 Å². The van der Waals surface area contributed by atoms with Crippen LogP contribution in [0.3, 0.4) is 0 Å². The van der Waals surface area contributed by atoms with Crippen molar-refractivity contribution in [2.45, 2.75) is 0 Å². The standard InChI is InChI=1S/C12H6F2N2OS2/c13-6-1-2-9(7(14)5-6)16-11(17)10-8(3-4-19-10)15-12(16)18/h1-5H,(H,15,18). The van der Waals surface area contributed by atoms with Crippen molar-refractivity contribution in [3.63, 3.8) is 0 Å². The lowest BCUT2D eigenvalue weighted by Crippen LogP contribution is -2.20. The smallest absolute Gasteiger partial charge is 0.276 e. The molecule has 1 aromatic carbocycles. The monoisotopic (exact) mass is 296 g/mol. The summed E-state index contributed by atoms with van der Waals surface area (Å²) in [5, 5.41) is 1.74. The summed E-state index contributed by atoms with van der Waals surface area (Å²) in [5.41, 5.74) is 0.126. The van der Waals surface area contributed by atoms with E-state index in [4.69, 9.17) is 12.2 Å². The average Bonchev–Trinajstić information content (AvgIpc) is 2.80. The van der Waals surface area contributed by atoms with Gasteiger partial charge in [0.2, 0.25) is 0 Å². The fourth-order valence-corrected chi connectivity index (χ4v) is 2.89. The molecule has 0 amide bonds. The number of nitrogens with one attached hydrogen (secondary N) is 1. The van der Waals surface area contributed by atoms with Gasteiger partial charge in [-0.05, 0) is 35.8 Å². The number of thiophene rings is 1. The molecule has 96 valence electrons. The van der Waals surface area contributed by atoms with E-state index in [1.54, 1.807) is 11.4 Å². The summed E-state index contributed by atoms with van der Waals surface area (Å²) in [4.78, 5) is 15.1. The van der Waals surface area contributed by atoms with Crippen LogP contribution < -0.4 is 5.56 Å². The highest BCUT2D eigenvalue weighted by Crippen LogP contribution is 2.18. The lowest BCUT2D eigenvalue weighted by Gasteiger charge is -2.07. The molecular weight excluding hydrogens is 290 g/mol. The summed E-state index contributed by atoms with van der Waals surface area (Å²) in [6.45, 7) is 0. The number of hydrogen-bond acceptors (Lipinski definition) is 3. The number of aromatic nitrogens is 2. The van der Waals surface area contributed by atoms with Crippen molar-refractivity contribution in [2.24, 2.45) is 0 Å². The molecule has 2 aromatic heterocycles. The van der Waals surface area contributed by atoms with Gasteiger partial charge in [0.15, 0.2) is 4.77 Å². The van der Waals surface area contributed by atoms with E-state index in [1.165, 1.54) is 17.4 Å². The van der Waals surface area contributed by atoms with Crippen LogP contribution in [0.1, 0.15) is 0 Å². The fourth-order valence-electron chi connectivity index (χ4n) is 1.82. The summed E-state index contributed by atoms with van der Waals surface area (Å²) in [5.74, 6) is -1.54. The number of aromatic amines is 1. The molecule has 0 fully saturated rings. The quantitative estimate of drug-likeness (QED) is 0.699. The molecule has 0 saturated heterocycles. The SMILES string of the molecule is O=c1c2sccc2[nH]c(=S)n1-c1ccc(F)cc1F. The van der Waals surface area contributed by atoms with Gasteiger partial charge in [-0.3, -0.25) is 4.79 Å². The van der Waals surface area contributed by atoms with Crippen molar-refractivity contribution in [2.75, 3.05) is 0 Å². The second kappa shape index (κ2) is 4.36. The molecule has 3 rings (SSSR count). The molecule has 2 heterocycles. The van der Waals surface area contributed by atoms with E-state index in [2.05, 4.69) is 4.98 Å². The van der Waals surface area contributed by atoms with Gasteiger partial charge < -0.3 is 4.98 Å². The second-order valence-corrected chi connectivity index (χ2v) is 5.13. The Morgan fingerprint density at radius 2 is 2.05 bits per heavy atom. The molecule has 0 saturated carbocycles. The van der Waals surface area contributed by atoms with Crippen LogP contribution in [-0.2, 0) is 0 Å². The molecule has 0 bridgehead atoms. The van der Waals surface area contributed by atoms with Crippen molar-refractivity contribution >= 4 is 33.8 Å². The van der Waals surface area contributed by atoms with E-state index >= 15 is 0 Å². The van der Waals surface area contributed by atoms with Crippen molar-refractivity contribution < 1.29 is 8.78 Å². The highest BCUT2D eigenvalue weighted by molar-refractivity contribution is 7.71. The van der Waals surface area contributed by atoms with E-state index in [9.17, 15) is 13.6 Å². The molecule has 19 heavy (non-hydrogen) atoms. The first-order valence-corrected chi connectivity index (χ1v) is 6.54. The maximum absolute atomic E-state index is 13.8. The van der Waals surface area contributed by atoms with Crippen LogP contribution in [0.25, 0.3) is 15.9 Å². The largest absolute Gasteiger partial charge is 0.331 e. The van der Waals surface area contributed by atoms with E-state index in [1.807, 2.05) is 0 Å². The molecule has 0 spiro atoms. The lowest BCUT2D eigenvalue weighted by molar-refractivity contribution is 0.576. The zero-order valence-electron chi connectivity index (χ0n) is 9.31. The van der Waals surface area contributed by atoms with Gasteiger partial charge in [0.1, 0.15) is 16.3 Å². The Morgan fingerprint density at radius 3 is 2.79 bits per heavy atom.